The van der Waals surface area contributed by atoms with Crippen LogP contribution >= 0.6 is 0 Å². The number of rotatable bonds is 6. The van der Waals surface area contributed by atoms with Gasteiger partial charge < -0.3 is 5.32 Å². The lowest BCUT2D eigenvalue weighted by atomic mass is 9.98. The van der Waals surface area contributed by atoms with Crippen molar-refractivity contribution in [1.29, 1.82) is 0 Å². The van der Waals surface area contributed by atoms with Gasteiger partial charge in [0.15, 0.2) is 0 Å². The lowest BCUT2D eigenvalue weighted by Gasteiger charge is -2.32. The summed E-state index contributed by atoms with van der Waals surface area (Å²) in [7, 11) is -4.33. The molecule has 2 atom stereocenters. The second-order valence-electron chi connectivity index (χ2n) is 8.57. The SMILES string of the molecule is C[C@@]1(C(=O)NCc2cc(-c3ccc(C(F)(F)F)nc3)ncn2)C[C@@H](F)CN1S(=O)(=O)c1ccc(F)cc1. The van der Waals surface area contributed by atoms with E-state index in [1.165, 1.54) is 19.1 Å². The molecule has 0 saturated carbocycles. The second-order valence-corrected chi connectivity index (χ2v) is 10.4. The van der Waals surface area contributed by atoms with Gasteiger partial charge in [-0.15, -0.1) is 0 Å². The van der Waals surface area contributed by atoms with Gasteiger partial charge in [-0.05, 0) is 49.4 Å². The molecule has 1 aromatic carbocycles. The van der Waals surface area contributed by atoms with Gasteiger partial charge in [-0.1, -0.05) is 0 Å². The van der Waals surface area contributed by atoms with Gasteiger partial charge in [-0.2, -0.15) is 17.5 Å². The van der Waals surface area contributed by atoms with E-state index in [1.54, 1.807) is 0 Å². The summed E-state index contributed by atoms with van der Waals surface area (Å²) in [5.41, 5.74) is -2.04. The van der Waals surface area contributed by atoms with Crippen LogP contribution < -0.4 is 5.32 Å². The maximum absolute atomic E-state index is 14.4. The highest BCUT2D eigenvalue weighted by Gasteiger charge is 2.53. The maximum Gasteiger partial charge on any atom is 0.433 e. The highest BCUT2D eigenvalue weighted by atomic mass is 32.2. The Morgan fingerprint density at radius 1 is 1.14 bits per heavy atom. The van der Waals surface area contributed by atoms with Crippen LogP contribution in [-0.4, -0.2) is 51.8 Å². The predicted molar refractivity (Wildman–Crippen MR) is 120 cm³/mol. The number of nitrogens with zero attached hydrogens (tertiary/aromatic N) is 4. The molecule has 8 nitrogen and oxygen atoms in total. The summed E-state index contributed by atoms with van der Waals surface area (Å²) in [6, 6.07) is 7.40. The topological polar surface area (TPSA) is 105 Å². The molecular formula is C23H20F5N5O3S. The summed E-state index contributed by atoms with van der Waals surface area (Å²) >= 11 is 0. The number of hydrogen-bond acceptors (Lipinski definition) is 6. The zero-order chi connectivity index (χ0) is 27.0. The van der Waals surface area contributed by atoms with Gasteiger partial charge in [0.2, 0.25) is 15.9 Å². The van der Waals surface area contributed by atoms with E-state index in [-0.39, 0.29) is 28.4 Å². The summed E-state index contributed by atoms with van der Waals surface area (Å²) < 4.78 is 92.9. The van der Waals surface area contributed by atoms with Crippen LogP contribution in [0.15, 0.2) is 59.9 Å². The average molecular weight is 542 g/mol. The van der Waals surface area contributed by atoms with Gasteiger partial charge in [0.25, 0.3) is 0 Å². The fraction of sp³-hybridized carbons (Fsp3) is 0.304. The van der Waals surface area contributed by atoms with Gasteiger partial charge in [0.1, 0.15) is 29.5 Å². The molecule has 1 amide bonds. The first-order chi connectivity index (χ1) is 17.3. The summed E-state index contributed by atoms with van der Waals surface area (Å²) in [5.74, 6) is -1.43. The van der Waals surface area contributed by atoms with E-state index in [0.29, 0.717) is 0 Å². The van der Waals surface area contributed by atoms with E-state index in [1.807, 2.05) is 0 Å². The van der Waals surface area contributed by atoms with Crippen molar-refractivity contribution in [3.05, 3.63) is 72.2 Å². The Morgan fingerprint density at radius 2 is 1.84 bits per heavy atom. The number of hydrogen-bond donors (Lipinski definition) is 1. The van der Waals surface area contributed by atoms with Crippen molar-refractivity contribution >= 4 is 15.9 Å². The lowest BCUT2D eigenvalue weighted by Crippen LogP contribution is -2.55. The largest absolute Gasteiger partial charge is 0.433 e. The number of carbonyl (C=O) groups excluding carboxylic acids is 1. The first kappa shape index (κ1) is 26.5. The molecule has 3 heterocycles. The summed E-state index contributed by atoms with van der Waals surface area (Å²) in [4.78, 5) is 24.2. The van der Waals surface area contributed by atoms with Crippen molar-refractivity contribution in [1.82, 2.24) is 24.6 Å². The van der Waals surface area contributed by atoms with Crippen LogP contribution in [0.5, 0.6) is 0 Å². The fourth-order valence-electron chi connectivity index (χ4n) is 4.01. The number of amides is 1. The Labute approximate surface area is 208 Å². The van der Waals surface area contributed by atoms with Crippen molar-refractivity contribution in [3.8, 4) is 11.3 Å². The first-order valence-electron chi connectivity index (χ1n) is 10.9. The summed E-state index contributed by atoms with van der Waals surface area (Å²) in [6.45, 7) is 0.546. The van der Waals surface area contributed by atoms with Crippen LogP contribution in [0.3, 0.4) is 0 Å². The van der Waals surface area contributed by atoms with Crippen LogP contribution in [-0.2, 0) is 27.5 Å². The molecule has 4 rings (SSSR count). The number of aromatic nitrogens is 3. The van der Waals surface area contributed by atoms with Crippen molar-refractivity contribution in [2.75, 3.05) is 6.54 Å². The zero-order valence-corrected chi connectivity index (χ0v) is 20.0. The van der Waals surface area contributed by atoms with Gasteiger partial charge in [-0.25, -0.2) is 27.2 Å². The fourth-order valence-corrected chi connectivity index (χ4v) is 5.79. The van der Waals surface area contributed by atoms with E-state index in [2.05, 4.69) is 20.3 Å². The molecule has 1 N–H and O–H groups in total. The number of halogens is 5. The maximum atomic E-state index is 14.4. The molecule has 3 aromatic rings. The second kappa shape index (κ2) is 9.74. The van der Waals surface area contributed by atoms with Gasteiger partial charge in [-0.3, -0.25) is 9.78 Å². The molecule has 2 aromatic heterocycles. The number of sulfonamides is 1. The molecule has 0 unspecified atom stereocenters. The molecule has 1 fully saturated rings. The Balaban J connectivity index is 1.51. The van der Waals surface area contributed by atoms with Crippen molar-refractivity contribution < 1.29 is 35.2 Å². The van der Waals surface area contributed by atoms with E-state index >= 15 is 0 Å². The number of nitrogens with one attached hydrogen (secondary N) is 1. The molecule has 37 heavy (non-hydrogen) atoms. The number of pyridine rings is 1. The minimum atomic E-state index is -4.59. The molecule has 196 valence electrons. The first-order valence-corrected chi connectivity index (χ1v) is 12.3. The van der Waals surface area contributed by atoms with Crippen molar-refractivity contribution in [3.63, 3.8) is 0 Å². The van der Waals surface area contributed by atoms with Crippen molar-refractivity contribution in [2.45, 2.75) is 42.7 Å². The molecule has 0 bridgehead atoms. The van der Waals surface area contributed by atoms with Gasteiger partial charge >= 0.3 is 6.18 Å². The van der Waals surface area contributed by atoms with Crippen LogP contribution in [0.1, 0.15) is 24.7 Å². The van der Waals surface area contributed by atoms with E-state index in [9.17, 15) is 35.2 Å². The Kier molecular flexibility index (Phi) is 6.99. The van der Waals surface area contributed by atoms with E-state index in [0.717, 1.165) is 47.2 Å². The molecule has 1 aliphatic heterocycles. The van der Waals surface area contributed by atoms with E-state index in [4.69, 9.17) is 0 Å². The third kappa shape index (κ3) is 5.44. The van der Waals surface area contributed by atoms with Crippen LogP contribution in [0.25, 0.3) is 11.3 Å². The number of carbonyl (C=O) groups is 1. The molecule has 14 heteroatoms. The molecule has 1 aliphatic rings. The van der Waals surface area contributed by atoms with Crippen LogP contribution in [0.4, 0.5) is 22.0 Å². The molecule has 1 saturated heterocycles. The lowest BCUT2D eigenvalue weighted by molar-refractivity contribution is -0.141. The molecule has 0 radical (unpaired) electrons. The Morgan fingerprint density at radius 3 is 2.46 bits per heavy atom. The number of benzene rings is 1. The Hall–Kier alpha value is -3.52. The Bertz CT molecular complexity index is 1400. The normalized spacial score (nSPS) is 20.6. The van der Waals surface area contributed by atoms with Gasteiger partial charge in [0, 0.05) is 24.7 Å². The van der Waals surface area contributed by atoms with Gasteiger partial charge in [0.05, 0.1) is 22.8 Å². The molecular weight excluding hydrogens is 521 g/mol. The summed E-state index contributed by atoms with van der Waals surface area (Å²) in [6.07, 6.45) is -4.44. The van der Waals surface area contributed by atoms with Crippen LogP contribution in [0, 0.1) is 5.82 Å². The highest BCUT2D eigenvalue weighted by Crippen LogP contribution is 2.36. The van der Waals surface area contributed by atoms with Crippen molar-refractivity contribution in [2.24, 2.45) is 0 Å². The minimum Gasteiger partial charge on any atom is -0.349 e. The third-order valence-electron chi connectivity index (χ3n) is 5.93. The number of alkyl halides is 4. The monoisotopic (exact) mass is 541 g/mol. The molecule has 0 aliphatic carbocycles. The smallest absolute Gasteiger partial charge is 0.349 e. The highest BCUT2D eigenvalue weighted by molar-refractivity contribution is 7.89. The quantitative estimate of drug-likeness (QED) is 0.479. The third-order valence-corrected chi connectivity index (χ3v) is 7.93. The molecule has 0 spiro atoms. The van der Waals surface area contributed by atoms with Crippen LogP contribution in [0.2, 0.25) is 0 Å². The average Bonchev–Trinajstić information content (AvgIpc) is 3.18. The minimum absolute atomic E-state index is 0.195. The zero-order valence-electron chi connectivity index (χ0n) is 19.2. The standard InChI is InChI=1S/C23H20F5N5O3S/c1-22(9-16(25)12-33(22)37(35,36)18-5-3-15(24)4-6-18)21(34)30-11-17-8-19(32-13-31-17)14-2-7-20(29-10-14)23(26,27)28/h2-8,10,13,16H,9,11-12H2,1H3,(H,30,34)/t16-,22+/m1/s1. The summed E-state index contributed by atoms with van der Waals surface area (Å²) in [5, 5.41) is 2.55. The predicted octanol–water partition coefficient (Wildman–Crippen LogP) is 3.50. The van der Waals surface area contributed by atoms with E-state index < -0.39 is 58.3 Å².